The van der Waals surface area contributed by atoms with Gasteiger partial charge in [0.15, 0.2) is 0 Å². The summed E-state index contributed by atoms with van der Waals surface area (Å²) in [5.74, 6) is -0.782. The number of ether oxygens (including phenoxy) is 2. The maximum Gasteiger partial charge on any atom is 0.407 e. The smallest absolute Gasteiger partial charge is 0.407 e. The number of hydrogen-bond acceptors (Lipinski definition) is 7. The zero-order chi connectivity index (χ0) is 28.4. The molecule has 0 saturated carbocycles. The maximum absolute atomic E-state index is 12.7. The van der Waals surface area contributed by atoms with Gasteiger partial charge in [-0.25, -0.2) is 9.78 Å². The van der Waals surface area contributed by atoms with Crippen LogP contribution >= 0.6 is 11.3 Å². The highest BCUT2D eigenvalue weighted by Crippen LogP contribution is 2.34. The number of thiazole rings is 1. The van der Waals surface area contributed by atoms with Crippen LogP contribution in [0.15, 0.2) is 66.9 Å². The van der Waals surface area contributed by atoms with Crippen LogP contribution < -0.4 is 5.32 Å². The normalized spacial score (nSPS) is 14.6. The molecule has 0 radical (unpaired) electrons. The van der Waals surface area contributed by atoms with Crippen LogP contribution in [-0.4, -0.2) is 47.0 Å². The summed E-state index contributed by atoms with van der Waals surface area (Å²) < 4.78 is 10.5. The summed E-state index contributed by atoms with van der Waals surface area (Å²) in [6.07, 6.45) is 2.38. The van der Waals surface area contributed by atoms with E-state index in [1.54, 1.807) is 6.20 Å². The molecule has 1 aromatic heterocycles. The molecule has 0 bridgehead atoms. The first kappa shape index (κ1) is 30.3. The van der Waals surface area contributed by atoms with Gasteiger partial charge in [0, 0.05) is 17.0 Å². The zero-order valence-corrected chi connectivity index (χ0v) is 24.2. The van der Waals surface area contributed by atoms with Gasteiger partial charge in [-0.1, -0.05) is 67.6 Å². The van der Waals surface area contributed by atoms with Crippen LogP contribution in [0, 0.1) is 0 Å². The van der Waals surface area contributed by atoms with Crippen LogP contribution in [0.2, 0.25) is 0 Å². The van der Waals surface area contributed by atoms with Crippen LogP contribution in [0.1, 0.15) is 73.4 Å². The summed E-state index contributed by atoms with van der Waals surface area (Å²) >= 11 is 1.48. The van der Waals surface area contributed by atoms with Crippen molar-refractivity contribution in [2.24, 2.45) is 0 Å². The van der Waals surface area contributed by atoms with Crippen molar-refractivity contribution in [3.05, 3.63) is 87.9 Å². The van der Waals surface area contributed by atoms with Gasteiger partial charge >= 0.3 is 12.1 Å². The Bertz CT molecular complexity index is 1180. The third kappa shape index (κ3) is 9.48. The summed E-state index contributed by atoms with van der Waals surface area (Å²) in [7, 11) is 1.39. The van der Waals surface area contributed by atoms with E-state index in [9.17, 15) is 14.7 Å². The molecule has 0 aliphatic heterocycles. The molecule has 0 aliphatic rings. The lowest BCUT2D eigenvalue weighted by Gasteiger charge is -2.29. The second kappa shape index (κ2) is 14.2. The van der Waals surface area contributed by atoms with Crippen LogP contribution in [0.5, 0.6) is 0 Å². The number of carbonyl (C=O) groups is 2. The van der Waals surface area contributed by atoms with E-state index in [-0.39, 0.29) is 17.8 Å². The Morgan fingerprint density at radius 1 is 1.00 bits per heavy atom. The highest BCUT2D eigenvalue weighted by atomic mass is 32.1. The molecular weight excluding hydrogens is 512 g/mol. The molecule has 2 N–H and O–H groups in total. The molecule has 8 heteroatoms. The Morgan fingerprint density at radius 3 is 2.13 bits per heavy atom. The number of rotatable bonds is 12. The van der Waals surface area contributed by atoms with E-state index >= 15 is 0 Å². The Morgan fingerprint density at radius 2 is 1.59 bits per heavy atom. The lowest BCUT2D eigenvalue weighted by Crippen LogP contribution is -2.47. The fourth-order valence-corrected chi connectivity index (χ4v) is 5.72. The Kier molecular flexibility index (Phi) is 11.1. The Balaban J connectivity index is 1.88. The number of amides is 1. The number of aliphatic hydroxyl groups excluding tert-OH is 1. The van der Waals surface area contributed by atoms with Gasteiger partial charge in [0.05, 0.1) is 30.2 Å². The van der Waals surface area contributed by atoms with Crippen molar-refractivity contribution in [3.8, 4) is 0 Å². The SMILES string of the molecule is CCC(C(=O)OC)c1cnc([C@@H](Cc2ccccc2)C[C@H](O)[C@H](Cc2ccccc2)NC(=O)OC(C)(C)C)s1. The zero-order valence-electron chi connectivity index (χ0n) is 23.4. The lowest BCUT2D eigenvalue weighted by atomic mass is 9.89. The van der Waals surface area contributed by atoms with Gasteiger partial charge in [0.2, 0.25) is 0 Å². The molecule has 210 valence electrons. The highest BCUT2D eigenvalue weighted by Gasteiger charge is 2.30. The number of methoxy groups -OCH3 is 1. The summed E-state index contributed by atoms with van der Waals surface area (Å²) in [6.45, 7) is 7.37. The quantitative estimate of drug-likeness (QED) is 0.267. The first-order chi connectivity index (χ1) is 18.6. The molecule has 1 unspecified atom stereocenters. The Hall–Kier alpha value is -3.23. The molecule has 1 amide bonds. The average molecular weight is 553 g/mol. The maximum atomic E-state index is 12.7. The number of aliphatic hydroxyl groups is 1. The second-order valence-corrected chi connectivity index (χ2v) is 11.8. The molecule has 7 nitrogen and oxygen atoms in total. The first-order valence-corrected chi connectivity index (χ1v) is 14.2. The number of carbonyl (C=O) groups excluding carboxylic acids is 2. The van der Waals surface area contributed by atoms with E-state index in [4.69, 9.17) is 14.5 Å². The van der Waals surface area contributed by atoms with Crippen LogP contribution in [0.3, 0.4) is 0 Å². The predicted octanol–water partition coefficient (Wildman–Crippen LogP) is 6.02. The van der Waals surface area contributed by atoms with Gasteiger partial charge in [0.1, 0.15) is 5.60 Å². The predicted molar refractivity (Wildman–Crippen MR) is 154 cm³/mol. The number of alkyl carbamates (subject to hydrolysis) is 1. The molecule has 39 heavy (non-hydrogen) atoms. The molecular formula is C31H40N2O5S. The minimum absolute atomic E-state index is 0.130. The van der Waals surface area contributed by atoms with Gasteiger partial charge in [-0.2, -0.15) is 0 Å². The third-order valence-electron chi connectivity index (χ3n) is 6.44. The number of hydrogen-bond donors (Lipinski definition) is 2. The molecule has 2 aromatic carbocycles. The number of aromatic nitrogens is 1. The van der Waals surface area contributed by atoms with Crippen molar-refractivity contribution < 1.29 is 24.2 Å². The van der Waals surface area contributed by atoms with Crippen molar-refractivity contribution >= 4 is 23.4 Å². The Labute approximate surface area is 235 Å². The number of benzene rings is 2. The van der Waals surface area contributed by atoms with E-state index in [2.05, 4.69) is 17.4 Å². The van der Waals surface area contributed by atoms with E-state index in [1.165, 1.54) is 18.4 Å². The molecule has 1 heterocycles. The standard InChI is InChI=1S/C31H40N2O5S/c1-6-24(29(35)37-5)27-20-32-28(39-27)23(17-21-13-9-7-10-14-21)19-26(34)25(18-22-15-11-8-12-16-22)33-30(36)38-31(2,3)4/h7-16,20,23-26,34H,6,17-19H2,1-5H3,(H,33,36)/t23-,24?,25-,26-/m0/s1. The summed E-state index contributed by atoms with van der Waals surface area (Å²) in [4.78, 5) is 30.6. The number of esters is 1. The van der Waals surface area contributed by atoms with Crippen LogP contribution in [0.4, 0.5) is 4.79 Å². The van der Waals surface area contributed by atoms with E-state index in [1.807, 2.05) is 76.2 Å². The summed E-state index contributed by atoms with van der Waals surface area (Å²) in [6, 6.07) is 19.2. The van der Waals surface area contributed by atoms with Crippen molar-refractivity contribution in [2.45, 2.75) is 83.0 Å². The van der Waals surface area contributed by atoms with E-state index in [0.717, 1.165) is 21.0 Å². The fourth-order valence-electron chi connectivity index (χ4n) is 4.51. The fraction of sp³-hybridized carbons (Fsp3) is 0.452. The number of nitrogens with one attached hydrogen (secondary N) is 1. The average Bonchev–Trinajstić information content (AvgIpc) is 3.38. The minimum Gasteiger partial charge on any atom is -0.469 e. The second-order valence-electron chi connectivity index (χ2n) is 10.7. The largest absolute Gasteiger partial charge is 0.469 e. The van der Waals surface area contributed by atoms with Gasteiger partial charge in [0.25, 0.3) is 0 Å². The summed E-state index contributed by atoms with van der Waals surface area (Å²) in [5.41, 5.74) is 1.46. The molecule has 3 rings (SSSR count). The van der Waals surface area contributed by atoms with Crippen LogP contribution in [0.25, 0.3) is 0 Å². The first-order valence-electron chi connectivity index (χ1n) is 13.4. The van der Waals surface area contributed by atoms with Crippen molar-refractivity contribution in [3.63, 3.8) is 0 Å². The van der Waals surface area contributed by atoms with Crippen LogP contribution in [-0.2, 0) is 27.1 Å². The van der Waals surface area contributed by atoms with Gasteiger partial charge in [-0.05, 0) is 57.6 Å². The van der Waals surface area contributed by atoms with Gasteiger partial charge in [-0.15, -0.1) is 11.3 Å². The third-order valence-corrected chi connectivity index (χ3v) is 7.72. The van der Waals surface area contributed by atoms with Crippen molar-refractivity contribution in [1.82, 2.24) is 10.3 Å². The molecule has 0 saturated heterocycles. The minimum atomic E-state index is -0.874. The number of nitrogens with zero attached hydrogens (tertiary/aromatic N) is 1. The highest BCUT2D eigenvalue weighted by molar-refractivity contribution is 7.11. The molecule has 3 aromatic rings. The molecule has 0 fully saturated rings. The molecule has 0 spiro atoms. The topological polar surface area (TPSA) is 97.8 Å². The lowest BCUT2D eigenvalue weighted by molar-refractivity contribution is -0.142. The van der Waals surface area contributed by atoms with Crippen molar-refractivity contribution in [2.75, 3.05) is 7.11 Å². The summed E-state index contributed by atoms with van der Waals surface area (Å²) in [5, 5.41) is 15.3. The molecule has 0 aliphatic carbocycles. The van der Waals surface area contributed by atoms with E-state index < -0.39 is 23.8 Å². The van der Waals surface area contributed by atoms with E-state index in [0.29, 0.717) is 25.7 Å². The van der Waals surface area contributed by atoms with Gasteiger partial charge < -0.3 is 19.9 Å². The van der Waals surface area contributed by atoms with Gasteiger partial charge in [-0.3, -0.25) is 4.79 Å². The monoisotopic (exact) mass is 552 g/mol. The molecule has 4 atom stereocenters. The van der Waals surface area contributed by atoms with Crippen molar-refractivity contribution in [1.29, 1.82) is 0 Å².